The molecule has 1 saturated heterocycles. The first-order valence-electron chi connectivity index (χ1n) is 9.06. The molecule has 1 aromatic carbocycles. The maximum absolute atomic E-state index is 12.3. The number of amides is 1. The topological polar surface area (TPSA) is 58.1 Å². The lowest BCUT2D eigenvalue weighted by Crippen LogP contribution is -2.62. The van der Waals surface area contributed by atoms with E-state index in [-0.39, 0.29) is 11.3 Å². The number of carbonyl (C=O) groups is 1. The Hall–Kier alpha value is -1.85. The monoisotopic (exact) mass is 406 g/mol. The van der Waals surface area contributed by atoms with Gasteiger partial charge in [-0.3, -0.25) is 4.79 Å². The molecule has 0 radical (unpaired) electrons. The lowest BCUT2D eigenvalue weighted by Gasteiger charge is -2.49. The standard InChI is InChI=1S/C20H24Cl2N4O/c1-14(2)16-5-3-15(4-6-16)9-19(27)23-11-20(10-21)12-26(13-20)18-8-7-17(22)24-25-18/h3-8,14H,9-13H2,1-2H3,(H,23,27). The molecule has 1 aliphatic heterocycles. The number of halogens is 2. The minimum Gasteiger partial charge on any atom is -0.355 e. The average Bonchev–Trinajstić information content (AvgIpc) is 2.63. The van der Waals surface area contributed by atoms with Crippen molar-refractivity contribution in [1.82, 2.24) is 15.5 Å². The fourth-order valence-corrected chi connectivity index (χ4v) is 3.57. The molecule has 5 nitrogen and oxygen atoms in total. The van der Waals surface area contributed by atoms with Gasteiger partial charge in [-0.1, -0.05) is 49.7 Å². The Bertz CT molecular complexity index is 772. The highest BCUT2D eigenvalue weighted by atomic mass is 35.5. The van der Waals surface area contributed by atoms with E-state index in [0.717, 1.165) is 24.5 Å². The summed E-state index contributed by atoms with van der Waals surface area (Å²) in [7, 11) is 0. The molecule has 1 amide bonds. The molecule has 0 aliphatic carbocycles. The Morgan fingerprint density at radius 3 is 2.44 bits per heavy atom. The van der Waals surface area contributed by atoms with Gasteiger partial charge in [-0.15, -0.1) is 21.8 Å². The summed E-state index contributed by atoms with van der Waals surface area (Å²) in [5.41, 5.74) is 2.16. The molecule has 2 aromatic rings. The first-order chi connectivity index (χ1) is 12.9. The first-order valence-corrected chi connectivity index (χ1v) is 9.98. The SMILES string of the molecule is CC(C)c1ccc(CC(=O)NCC2(CCl)CN(c3ccc(Cl)nn3)C2)cc1. The van der Waals surface area contributed by atoms with Gasteiger partial charge < -0.3 is 10.2 Å². The second-order valence-corrected chi connectivity index (χ2v) is 8.21. The van der Waals surface area contributed by atoms with Crippen LogP contribution in [0.3, 0.4) is 0 Å². The number of nitrogens with zero attached hydrogens (tertiary/aromatic N) is 3. The third kappa shape index (κ3) is 4.90. The molecule has 144 valence electrons. The zero-order chi connectivity index (χ0) is 19.4. The predicted octanol–water partition coefficient (Wildman–Crippen LogP) is 3.66. The van der Waals surface area contributed by atoms with Gasteiger partial charge in [0.05, 0.1) is 6.42 Å². The second kappa shape index (κ2) is 8.44. The number of hydrogen-bond acceptors (Lipinski definition) is 4. The van der Waals surface area contributed by atoms with Crippen molar-refractivity contribution in [3.8, 4) is 0 Å². The molecule has 0 saturated carbocycles. The van der Waals surface area contributed by atoms with Gasteiger partial charge in [-0.2, -0.15) is 0 Å². The van der Waals surface area contributed by atoms with Gasteiger partial charge in [0.15, 0.2) is 11.0 Å². The maximum Gasteiger partial charge on any atom is 0.224 e. The lowest BCUT2D eigenvalue weighted by atomic mass is 9.81. The van der Waals surface area contributed by atoms with Crippen LogP contribution in [0.5, 0.6) is 0 Å². The van der Waals surface area contributed by atoms with E-state index in [1.807, 2.05) is 18.2 Å². The molecular formula is C20H24Cl2N4O. The van der Waals surface area contributed by atoms with Crippen molar-refractivity contribution < 1.29 is 4.79 Å². The van der Waals surface area contributed by atoms with Crippen LogP contribution < -0.4 is 10.2 Å². The van der Waals surface area contributed by atoms with Gasteiger partial charge in [0, 0.05) is 30.9 Å². The number of anilines is 1. The van der Waals surface area contributed by atoms with Gasteiger partial charge >= 0.3 is 0 Å². The molecular weight excluding hydrogens is 383 g/mol. The summed E-state index contributed by atoms with van der Waals surface area (Å²) in [6, 6.07) is 11.8. The van der Waals surface area contributed by atoms with Crippen LogP contribution in [0.4, 0.5) is 5.82 Å². The maximum atomic E-state index is 12.3. The van der Waals surface area contributed by atoms with Gasteiger partial charge in [0.1, 0.15) is 0 Å². The minimum absolute atomic E-state index is 0.0153. The van der Waals surface area contributed by atoms with Crippen LogP contribution in [0.15, 0.2) is 36.4 Å². The highest BCUT2D eigenvalue weighted by Gasteiger charge is 2.43. The van der Waals surface area contributed by atoms with Crippen molar-refractivity contribution >= 4 is 34.9 Å². The highest BCUT2D eigenvalue weighted by molar-refractivity contribution is 6.29. The summed E-state index contributed by atoms with van der Waals surface area (Å²) in [5, 5.41) is 11.4. The molecule has 27 heavy (non-hydrogen) atoms. The second-order valence-electron chi connectivity index (χ2n) is 7.55. The van der Waals surface area contributed by atoms with Crippen LogP contribution >= 0.6 is 23.2 Å². The third-order valence-corrected chi connectivity index (χ3v) is 5.72. The van der Waals surface area contributed by atoms with E-state index in [1.54, 1.807) is 6.07 Å². The molecule has 1 aromatic heterocycles. The average molecular weight is 407 g/mol. The van der Waals surface area contributed by atoms with Crippen LogP contribution in [0.1, 0.15) is 30.9 Å². The summed E-state index contributed by atoms with van der Waals surface area (Å²) >= 11 is 12.0. The van der Waals surface area contributed by atoms with Gasteiger partial charge in [0.2, 0.25) is 5.91 Å². The minimum atomic E-state index is -0.139. The van der Waals surface area contributed by atoms with Crippen molar-refractivity contribution in [3.63, 3.8) is 0 Å². The highest BCUT2D eigenvalue weighted by Crippen LogP contribution is 2.34. The largest absolute Gasteiger partial charge is 0.355 e. The molecule has 1 N–H and O–H groups in total. The normalized spacial score (nSPS) is 15.5. The van der Waals surface area contributed by atoms with Crippen LogP contribution in [0, 0.1) is 5.41 Å². The first kappa shape index (κ1) is 19.9. The van der Waals surface area contributed by atoms with Crippen LogP contribution in [0.25, 0.3) is 0 Å². The Morgan fingerprint density at radius 1 is 1.19 bits per heavy atom. The van der Waals surface area contributed by atoms with Crippen molar-refractivity contribution in [2.45, 2.75) is 26.2 Å². The summed E-state index contributed by atoms with van der Waals surface area (Å²) < 4.78 is 0. The Labute approximate surface area is 170 Å². The van der Waals surface area contributed by atoms with E-state index in [1.165, 1.54) is 5.56 Å². The van der Waals surface area contributed by atoms with E-state index in [0.29, 0.717) is 29.9 Å². The molecule has 0 bridgehead atoms. The van der Waals surface area contributed by atoms with Gasteiger partial charge in [0.25, 0.3) is 0 Å². The number of alkyl halides is 1. The van der Waals surface area contributed by atoms with E-state index in [9.17, 15) is 4.79 Å². The zero-order valence-electron chi connectivity index (χ0n) is 15.6. The number of rotatable bonds is 7. The molecule has 0 spiro atoms. The van der Waals surface area contributed by atoms with E-state index in [2.05, 4.69) is 46.4 Å². The van der Waals surface area contributed by atoms with Gasteiger partial charge in [-0.25, -0.2) is 0 Å². The van der Waals surface area contributed by atoms with E-state index in [4.69, 9.17) is 23.2 Å². The smallest absolute Gasteiger partial charge is 0.224 e. The van der Waals surface area contributed by atoms with E-state index >= 15 is 0 Å². The van der Waals surface area contributed by atoms with Crippen molar-refractivity contribution in [1.29, 1.82) is 0 Å². The summed E-state index contributed by atoms with van der Waals surface area (Å²) in [5.74, 6) is 1.76. The predicted molar refractivity (Wildman–Crippen MR) is 110 cm³/mol. The third-order valence-electron chi connectivity index (χ3n) is 4.95. The molecule has 1 fully saturated rings. The number of benzene rings is 1. The van der Waals surface area contributed by atoms with E-state index < -0.39 is 0 Å². The fourth-order valence-electron chi connectivity index (χ4n) is 3.20. The molecule has 7 heteroatoms. The summed E-state index contributed by atoms with van der Waals surface area (Å²) in [6.07, 6.45) is 0.378. The van der Waals surface area contributed by atoms with Crippen molar-refractivity contribution in [2.24, 2.45) is 5.41 Å². The van der Waals surface area contributed by atoms with Crippen molar-refractivity contribution in [3.05, 3.63) is 52.7 Å². The van der Waals surface area contributed by atoms with Crippen LogP contribution in [-0.4, -0.2) is 41.6 Å². The summed E-state index contributed by atoms with van der Waals surface area (Å²) in [4.78, 5) is 14.4. The van der Waals surface area contributed by atoms with Crippen LogP contribution in [-0.2, 0) is 11.2 Å². The molecule has 0 unspecified atom stereocenters. The summed E-state index contributed by atoms with van der Waals surface area (Å²) in [6.45, 7) is 6.33. The Morgan fingerprint density at radius 2 is 1.89 bits per heavy atom. The fraction of sp³-hybridized carbons (Fsp3) is 0.450. The molecule has 0 atom stereocenters. The molecule has 1 aliphatic rings. The Balaban J connectivity index is 1.49. The Kier molecular flexibility index (Phi) is 6.22. The number of hydrogen-bond donors (Lipinski definition) is 1. The number of nitrogens with one attached hydrogen (secondary N) is 1. The van der Waals surface area contributed by atoms with Gasteiger partial charge in [-0.05, 0) is 29.2 Å². The lowest BCUT2D eigenvalue weighted by molar-refractivity contribution is -0.121. The zero-order valence-corrected chi connectivity index (χ0v) is 17.1. The van der Waals surface area contributed by atoms with Crippen molar-refractivity contribution in [2.75, 3.05) is 30.4 Å². The molecule has 3 rings (SSSR count). The van der Waals surface area contributed by atoms with Crippen LogP contribution in [0.2, 0.25) is 5.15 Å². The number of carbonyl (C=O) groups excluding carboxylic acids is 1. The quantitative estimate of drug-likeness (QED) is 0.712. The number of aromatic nitrogens is 2. The molecule has 2 heterocycles.